The average molecular weight is 340 g/mol. The molecule has 1 aliphatic carbocycles. The normalized spacial score (nSPS) is 18.9. The molecule has 0 unspecified atom stereocenters. The fourth-order valence-electron chi connectivity index (χ4n) is 2.71. The number of halogens is 1. The third kappa shape index (κ3) is 3.59. The van der Waals surface area contributed by atoms with E-state index < -0.39 is 5.54 Å². The van der Waals surface area contributed by atoms with Crippen molar-refractivity contribution in [3.8, 4) is 5.75 Å². The molecule has 1 heterocycles. The Hall–Kier alpha value is -1.79. The molecule has 1 aromatic rings. The molecule has 2 amide bonds. The number of rotatable bonds is 3. The van der Waals surface area contributed by atoms with Gasteiger partial charge >= 0.3 is 0 Å². The van der Waals surface area contributed by atoms with E-state index in [1.807, 2.05) is 6.07 Å². The molecule has 7 heteroatoms. The Labute approximate surface area is 142 Å². The highest BCUT2D eigenvalue weighted by atomic mass is 35.5. The molecule has 1 aromatic carbocycles. The van der Waals surface area contributed by atoms with Crippen LogP contribution in [0.3, 0.4) is 0 Å². The van der Waals surface area contributed by atoms with Gasteiger partial charge in [0.05, 0.1) is 12.6 Å². The summed E-state index contributed by atoms with van der Waals surface area (Å²) in [6.45, 7) is 2.18. The number of hydrogen-bond acceptors (Lipinski definition) is 4. The van der Waals surface area contributed by atoms with E-state index in [-0.39, 0.29) is 24.2 Å². The van der Waals surface area contributed by atoms with Gasteiger partial charge in [-0.15, -0.1) is 12.4 Å². The fraction of sp³-hybridized carbons (Fsp3) is 0.500. The van der Waals surface area contributed by atoms with Gasteiger partial charge in [-0.1, -0.05) is 6.07 Å². The van der Waals surface area contributed by atoms with Gasteiger partial charge in [-0.2, -0.15) is 0 Å². The molecule has 1 saturated carbocycles. The topological polar surface area (TPSA) is 75.9 Å². The van der Waals surface area contributed by atoms with Gasteiger partial charge in [0.1, 0.15) is 5.75 Å². The monoisotopic (exact) mass is 339 g/mol. The van der Waals surface area contributed by atoms with Crippen molar-refractivity contribution in [2.75, 3.05) is 33.3 Å². The van der Waals surface area contributed by atoms with Crippen LogP contribution in [0.5, 0.6) is 5.75 Å². The summed E-state index contributed by atoms with van der Waals surface area (Å²) in [5.74, 6) is 0.666. The summed E-state index contributed by atoms with van der Waals surface area (Å²) in [6.07, 6.45) is 1.55. The molecule has 23 heavy (non-hydrogen) atoms. The Bertz CT molecular complexity index is 596. The lowest BCUT2D eigenvalue weighted by Gasteiger charge is -2.36. The lowest BCUT2D eigenvalue weighted by molar-refractivity contribution is -0.135. The van der Waals surface area contributed by atoms with Crippen molar-refractivity contribution < 1.29 is 14.3 Å². The van der Waals surface area contributed by atoms with Crippen molar-refractivity contribution in [1.82, 2.24) is 9.80 Å². The van der Waals surface area contributed by atoms with Crippen molar-refractivity contribution in [3.63, 3.8) is 0 Å². The van der Waals surface area contributed by atoms with Crippen LogP contribution in [0.15, 0.2) is 24.3 Å². The van der Waals surface area contributed by atoms with Gasteiger partial charge in [-0.25, -0.2) is 0 Å². The molecule has 0 aromatic heterocycles. The Morgan fingerprint density at radius 1 is 1.13 bits per heavy atom. The van der Waals surface area contributed by atoms with E-state index in [0.29, 0.717) is 37.5 Å². The Kier molecular flexibility index (Phi) is 5.16. The van der Waals surface area contributed by atoms with Crippen molar-refractivity contribution in [2.24, 2.45) is 5.73 Å². The Morgan fingerprint density at radius 3 is 2.30 bits per heavy atom. The number of carbonyl (C=O) groups excluding carboxylic acids is 2. The van der Waals surface area contributed by atoms with E-state index in [9.17, 15) is 9.59 Å². The summed E-state index contributed by atoms with van der Waals surface area (Å²) >= 11 is 0. The van der Waals surface area contributed by atoms with Gasteiger partial charge in [0.2, 0.25) is 5.91 Å². The smallest absolute Gasteiger partial charge is 0.254 e. The van der Waals surface area contributed by atoms with E-state index in [2.05, 4.69) is 0 Å². The molecule has 2 fully saturated rings. The van der Waals surface area contributed by atoms with Crippen LogP contribution in [-0.2, 0) is 4.79 Å². The second-order valence-electron chi connectivity index (χ2n) is 5.97. The SMILES string of the molecule is COc1cccc(C(=O)N2CCN(C(=O)C3(N)CC3)CC2)c1.Cl. The molecule has 1 saturated heterocycles. The molecule has 0 atom stereocenters. The van der Waals surface area contributed by atoms with Crippen LogP contribution in [0.1, 0.15) is 23.2 Å². The zero-order chi connectivity index (χ0) is 15.7. The lowest BCUT2D eigenvalue weighted by Crippen LogP contribution is -2.55. The highest BCUT2D eigenvalue weighted by Crippen LogP contribution is 2.34. The van der Waals surface area contributed by atoms with E-state index in [0.717, 1.165) is 12.8 Å². The van der Waals surface area contributed by atoms with Crippen molar-refractivity contribution in [2.45, 2.75) is 18.4 Å². The second kappa shape index (κ2) is 6.76. The van der Waals surface area contributed by atoms with Gasteiger partial charge in [0.25, 0.3) is 5.91 Å². The minimum Gasteiger partial charge on any atom is -0.497 e. The van der Waals surface area contributed by atoms with Crippen LogP contribution < -0.4 is 10.5 Å². The minimum absolute atomic E-state index is 0. The highest BCUT2D eigenvalue weighted by Gasteiger charge is 2.48. The third-order valence-electron chi connectivity index (χ3n) is 4.39. The van der Waals surface area contributed by atoms with Crippen LogP contribution in [-0.4, -0.2) is 60.4 Å². The number of benzene rings is 1. The van der Waals surface area contributed by atoms with Crippen LogP contribution in [0, 0.1) is 0 Å². The van der Waals surface area contributed by atoms with Gasteiger partial charge in [-0.05, 0) is 31.0 Å². The van der Waals surface area contributed by atoms with E-state index in [1.165, 1.54) is 0 Å². The molecular weight excluding hydrogens is 318 g/mol. The maximum Gasteiger partial charge on any atom is 0.254 e. The van der Waals surface area contributed by atoms with E-state index in [1.54, 1.807) is 35.1 Å². The van der Waals surface area contributed by atoms with Crippen molar-refractivity contribution >= 4 is 24.2 Å². The van der Waals surface area contributed by atoms with Crippen LogP contribution in [0.2, 0.25) is 0 Å². The number of carbonyl (C=O) groups is 2. The van der Waals surface area contributed by atoms with Crippen LogP contribution in [0.4, 0.5) is 0 Å². The number of piperazine rings is 1. The first kappa shape index (κ1) is 17.6. The molecule has 0 radical (unpaired) electrons. The molecule has 2 N–H and O–H groups in total. The van der Waals surface area contributed by atoms with Gasteiger partial charge < -0.3 is 20.3 Å². The molecule has 2 aliphatic rings. The summed E-state index contributed by atoms with van der Waals surface area (Å²) in [5.41, 5.74) is 5.93. The fourth-order valence-corrected chi connectivity index (χ4v) is 2.71. The summed E-state index contributed by atoms with van der Waals surface area (Å²) in [4.78, 5) is 28.2. The first-order valence-electron chi connectivity index (χ1n) is 7.55. The summed E-state index contributed by atoms with van der Waals surface area (Å²) in [6, 6.07) is 7.13. The van der Waals surface area contributed by atoms with Crippen LogP contribution >= 0.6 is 12.4 Å². The molecule has 3 rings (SSSR count). The molecule has 0 spiro atoms. The van der Waals surface area contributed by atoms with E-state index in [4.69, 9.17) is 10.5 Å². The maximum absolute atomic E-state index is 12.5. The van der Waals surface area contributed by atoms with Crippen LogP contribution in [0.25, 0.3) is 0 Å². The summed E-state index contributed by atoms with van der Waals surface area (Å²) < 4.78 is 5.15. The van der Waals surface area contributed by atoms with Gasteiger partial charge in [-0.3, -0.25) is 9.59 Å². The first-order valence-corrected chi connectivity index (χ1v) is 7.55. The molecule has 0 bridgehead atoms. The largest absolute Gasteiger partial charge is 0.497 e. The molecule has 6 nitrogen and oxygen atoms in total. The van der Waals surface area contributed by atoms with Crippen molar-refractivity contribution in [3.05, 3.63) is 29.8 Å². The minimum atomic E-state index is -0.626. The zero-order valence-corrected chi connectivity index (χ0v) is 14.0. The quantitative estimate of drug-likeness (QED) is 0.887. The number of amides is 2. The number of ether oxygens (including phenoxy) is 1. The maximum atomic E-state index is 12.5. The van der Waals surface area contributed by atoms with Gasteiger partial charge in [0, 0.05) is 31.7 Å². The Morgan fingerprint density at radius 2 is 1.74 bits per heavy atom. The van der Waals surface area contributed by atoms with Gasteiger partial charge in [0.15, 0.2) is 0 Å². The molecule has 126 valence electrons. The average Bonchev–Trinajstić information content (AvgIpc) is 3.32. The first-order chi connectivity index (χ1) is 10.5. The number of nitrogens with zero attached hydrogens (tertiary/aromatic N) is 2. The number of methoxy groups -OCH3 is 1. The summed E-state index contributed by atoms with van der Waals surface area (Å²) in [5, 5.41) is 0. The predicted octanol–water partition coefficient (Wildman–Crippen LogP) is 0.893. The number of nitrogens with two attached hydrogens (primary N) is 1. The summed E-state index contributed by atoms with van der Waals surface area (Å²) in [7, 11) is 1.58. The number of hydrogen-bond donors (Lipinski definition) is 1. The van der Waals surface area contributed by atoms with E-state index >= 15 is 0 Å². The Balaban J connectivity index is 0.00000192. The second-order valence-corrected chi connectivity index (χ2v) is 5.97. The molecule has 1 aliphatic heterocycles. The van der Waals surface area contributed by atoms with Crippen molar-refractivity contribution in [1.29, 1.82) is 0 Å². The predicted molar refractivity (Wildman–Crippen MR) is 88.9 cm³/mol. The molecular formula is C16H22ClN3O3. The standard InChI is InChI=1S/C16H21N3O3.ClH/c1-22-13-4-2-3-12(11-13)14(20)18-7-9-19(10-8-18)15(21)16(17)5-6-16;/h2-4,11H,5-10,17H2,1H3;1H. The third-order valence-corrected chi connectivity index (χ3v) is 4.39. The highest BCUT2D eigenvalue weighted by molar-refractivity contribution is 5.95. The zero-order valence-electron chi connectivity index (χ0n) is 13.2. The lowest BCUT2D eigenvalue weighted by atomic mass is 10.1.